The number of piperidine rings is 1. The van der Waals surface area contributed by atoms with Crippen LogP contribution in [-0.2, 0) is 0 Å². The van der Waals surface area contributed by atoms with Gasteiger partial charge in [0, 0.05) is 28.3 Å². The van der Waals surface area contributed by atoms with Gasteiger partial charge in [-0.25, -0.2) is 0 Å². The van der Waals surface area contributed by atoms with Gasteiger partial charge < -0.3 is 10.6 Å². The molecule has 0 bridgehead atoms. The topological polar surface area (TPSA) is 29.3 Å². The van der Waals surface area contributed by atoms with Crippen molar-refractivity contribution in [3.05, 3.63) is 28.7 Å². The van der Waals surface area contributed by atoms with Crippen molar-refractivity contribution >= 4 is 21.6 Å². The lowest BCUT2D eigenvalue weighted by Crippen LogP contribution is -2.54. The lowest BCUT2D eigenvalue weighted by molar-refractivity contribution is 0.335. The largest absolute Gasteiger partial charge is 0.365 e. The summed E-state index contributed by atoms with van der Waals surface area (Å²) in [6.45, 7) is 5.53. The molecule has 1 unspecified atom stereocenters. The Balaban J connectivity index is 2.30. The first kappa shape index (κ1) is 11.9. The molecule has 1 heterocycles. The summed E-state index contributed by atoms with van der Waals surface area (Å²) >= 11 is 3.52. The van der Waals surface area contributed by atoms with Gasteiger partial charge in [0.15, 0.2) is 0 Å². The number of benzene rings is 1. The van der Waals surface area contributed by atoms with E-state index < -0.39 is 0 Å². The molecule has 2 rings (SSSR count). The molecule has 1 aliphatic heterocycles. The van der Waals surface area contributed by atoms with Crippen LogP contribution in [-0.4, -0.2) is 18.1 Å². The molecule has 0 aromatic heterocycles. The van der Waals surface area contributed by atoms with Crippen LogP contribution >= 0.6 is 15.9 Å². The summed E-state index contributed by atoms with van der Waals surface area (Å²) in [6, 6.07) is 8.76. The Kier molecular flexibility index (Phi) is 3.27. The van der Waals surface area contributed by atoms with Gasteiger partial charge in [0.05, 0.1) is 0 Å². The zero-order valence-electron chi connectivity index (χ0n) is 9.91. The van der Waals surface area contributed by atoms with E-state index in [1.165, 1.54) is 5.69 Å². The average Bonchev–Trinajstić information content (AvgIpc) is 2.22. The molecule has 88 valence electrons. The van der Waals surface area contributed by atoms with E-state index in [9.17, 15) is 0 Å². The Morgan fingerprint density at radius 3 is 2.88 bits per heavy atom. The SMILES string of the molecule is CC1(C)CCC(N)CN1c1cccc(Br)c1. The zero-order valence-corrected chi connectivity index (χ0v) is 11.5. The fourth-order valence-electron chi connectivity index (χ4n) is 2.35. The number of nitrogens with two attached hydrogens (primary N) is 1. The van der Waals surface area contributed by atoms with Gasteiger partial charge in [-0.05, 0) is 44.9 Å². The van der Waals surface area contributed by atoms with Gasteiger partial charge >= 0.3 is 0 Å². The summed E-state index contributed by atoms with van der Waals surface area (Å²) in [5, 5.41) is 0. The molecule has 1 saturated heterocycles. The van der Waals surface area contributed by atoms with Crippen LogP contribution in [0.25, 0.3) is 0 Å². The fourth-order valence-corrected chi connectivity index (χ4v) is 2.73. The number of rotatable bonds is 1. The quantitative estimate of drug-likeness (QED) is 0.858. The van der Waals surface area contributed by atoms with E-state index in [0.29, 0.717) is 6.04 Å². The first-order valence-electron chi connectivity index (χ1n) is 5.78. The lowest BCUT2D eigenvalue weighted by Gasteiger charge is -2.46. The molecule has 1 aromatic rings. The van der Waals surface area contributed by atoms with Crippen LogP contribution in [0.4, 0.5) is 5.69 Å². The van der Waals surface area contributed by atoms with Gasteiger partial charge in [-0.15, -0.1) is 0 Å². The van der Waals surface area contributed by atoms with Crippen LogP contribution < -0.4 is 10.6 Å². The first-order chi connectivity index (χ1) is 7.49. The van der Waals surface area contributed by atoms with Crippen molar-refractivity contribution in [2.24, 2.45) is 5.73 Å². The van der Waals surface area contributed by atoms with Crippen LogP contribution in [0, 0.1) is 0 Å². The Bertz CT molecular complexity index is 376. The van der Waals surface area contributed by atoms with Gasteiger partial charge in [0.1, 0.15) is 0 Å². The maximum absolute atomic E-state index is 6.07. The molecule has 3 heteroatoms. The fraction of sp³-hybridized carbons (Fsp3) is 0.538. The summed E-state index contributed by atoms with van der Waals surface area (Å²) in [4.78, 5) is 2.42. The molecule has 0 amide bonds. The molecule has 2 nitrogen and oxygen atoms in total. The maximum atomic E-state index is 6.07. The number of hydrogen-bond acceptors (Lipinski definition) is 2. The Morgan fingerprint density at radius 2 is 2.19 bits per heavy atom. The van der Waals surface area contributed by atoms with Gasteiger partial charge in [-0.3, -0.25) is 0 Å². The Hall–Kier alpha value is -0.540. The molecule has 1 atom stereocenters. The van der Waals surface area contributed by atoms with E-state index in [4.69, 9.17) is 5.73 Å². The first-order valence-corrected chi connectivity index (χ1v) is 6.57. The number of nitrogens with zero attached hydrogens (tertiary/aromatic N) is 1. The molecule has 16 heavy (non-hydrogen) atoms. The highest BCUT2D eigenvalue weighted by Gasteiger charge is 2.32. The predicted molar refractivity (Wildman–Crippen MR) is 72.8 cm³/mol. The third kappa shape index (κ3) is 2.41. The monoisotopic (exact) mass is 282 g/mol. The standard InChI is InChI=1S/C13H19BrN2/c1-13(2)7-6-11(15)9-16(13)12-5-3-4-10(14)8-12/h3-5,8,11H,6-7,9,15H2,1-2H3. The minimum absolute atomic E-state index is 0.205. The van der Waals surface area contributed by atoms with Crippen molar-refractivity contribution in [2.45, 2.75) is 38.3 Å². The molecule has 1 fully saturated rings. The van der Waals surface area contributed by atoms with Crippen LogP contribution in [0.5, 0.6) is 0 Å². The van der Waals surface area contributed by atoms with E-state index >= 15 is 0 Å². The van der Waals surface area contributed by atoms with Crippen LogP contribution in [0.1, 0.15) is 26.7 Å². The summed E-state index contributed by atoms with van der Waals surface area (Å²) in [5.74, 6) is 0. The van der Waals surface area contributed by atoms with Gasteiger partial charge in [-0.2, -0.15) is 0 Å². The summed E-state index contributed by atoms with van der Waals surface area (Å²) in [5.41, 5.74) is 7.53. The summed E-state index contributed by atoms with van der Waals surface area (Å²) in [7, 11) is 0. The Labute approximate surface area is 106 Å². The minimum Gasteiger partial charge on any atom is -0.365 e. The molecule has 1 aliphatic rings. The van der Waals surface area contributed by atoms with Crippen molar-refractivity contribution in [3.8, 4) is 0 Å². The number of hydrogen-bond donors (Lipinski definition) is 1. The van der Waals surface area contributed by atoms with E-state index in [1.54, 1.807) is 0 Å². The van der Waals surface area contributed by atoms with Crippen molar-refractivity contribution in [1.29, 1.82) is 0 Å². The Morgan fingerprint density at radius 1 is 1.44 bits per heavy atom. The van der Waals surface area contributed by atoms with Gasteiger partial charge in [0.2, 0.25) is 0 Å². The van der Waals surface area contributed by atoms with E-state index in [0.717, 1.165) is 23.9 Å². The lowest BCUT2D eigenvalue weighted by atomic mass is 9.88. The van der Waals surface area contributed by atoms with Gasteiger partial charge in [0.25, 0.3) is 0 Å². The molecule has 0 spiro atoms. The zero-order chi connectivity index (χ0) is 11.8. The van der Waals surface area contributed by atoms with E-state index in [1.807, 2.05) is 0 Å². The van der Waals surface area contributed by atoms with E-state index in [2.05, 4.69) is 58.9 Å². The molecule has 0 aliphatic carbocycles. The van der Waals surface area contributed by atoms with Crippen molar-refractivity contribution in [1.82, 2.24) is 0 Å². The third-order valence-electron chi connectivity index (χ3n) is 3.39. The van der Waals surface area contributed by atoms with E-state index in [-0.39, 0.29) is 5.54 Å². The van der Waals surface area contributed by atoms with Gasteiger partial charge in [-0.1, -0.05) is 22.0 Å². The second-order valence-electron chi connectivity index (χ2n) is 5.20. The normalized spacial score (nSPS) is 24.5. The summed E-state index contributed by atoms with van der Waals surface area (Å²) in [6.07, 6.45) is 2.28. The second-order valence-corrected chi connectivity index (χ2v) is 6.12. The number of halogens is 1. The van der Waals surface area contributed by atoms with Crippen molar-refractivity contribution < 1.29 is 0 Å². The highest BCUT2D eigenvalue weighted by atomic mass is 79.9. The molecular weight excluding hydrogens is 264 g/mol. The highest BCUT2D eigenvalue weighted by Crippen LogP contribution is 2.33. The molecule has 0 saturated carbocycles. The second kappa shape index (κ2) is 4.38. The van der Waals surface area contributed by atoms with Crippen LogP contribution in [0.2, 0.25) is 0 Å². The third-order valence-corrected chi connectivity index (χ3v) is 3.89. The van der Waals surface area contributed by atoms with Crippen molar-refractivity contribution in [2.75, 3.05) is 11.4 Å². The van der Waals surface area contributed by atoms with Crippen molar-refractivity contribution in [3.63, 3.8) is 0 Å². The molecule has 2 N–H and O–H groups in total. The molecule has 1 aromatic carbocycles. The highest BCUT2D eigenvalue weighted by molar-refractivity contribution is 9.10. The predicted octanol–water partition coefficient (Wildman–Crippen LogP) is 3.16. The maximum Gasteiger partial charge on any atom is 0.0382 e. The number of anilines is 1. The minimum atomic E-state index is 0.205. The van der Waals surface area contributed by atoms with Crippen LogP contribution in [0.3, 0.4) is 0 Å². The summed E-state index contributed by atoms with van der Waals surface area (Å²) < 4.78 is 1.12. The molecular formula is C13H19BrN2. The van der Waals surface area contributed by atoms with Crippen LogP contribution in [0.15, 0.2) is 28.7 Å². The smallest absolute Gasteiger partial charge is 0.0382 e. The molecule has 0 radical (unpaired) electrons. The average molecular weight is 283 g/mol.